The molecule has 0 amide bonds. The Morgan fingerprint density at radius 2 is 2.22 bits per heavy atom. The van der Waals surface area contributed by atoms with Crippen molar-refractivity contribution in [2.24, 2.45) is 5.92 Å². The van der Waals surface area contributed by atoms with Gasteiger partial charge in [0.1, 0.15) is 5.69 Å². The summed E-state index contributed by atoms with van der Waals surface area (Å²) >= 11 is 0. The lowest BCUT2D eigenvalue weighted by molar-refractivity contribution is 0.0594. The Labute approximate surface area is 108 Å². The maximum Gasteiger partial charge on any atom is 0.356 e. The van der Waals surface area contributed by atoms with Crippen LogP contribution in [0.15, 0.2) is 18.3 Å². The molecule has 1 saturated carbocycles. The molecule has 2 atom stereocenters. The van der Waals surface area contributed by atoms with Crippen LogP contribution in [0.5, 0.6) is 0 Å². The molecule has 1 heterocycles. The molecule has 2 unspecified atom stereocenters. The molecule has 1 N–H and O–H groups in total. The summed E-state index contributed by atoms with van der Waals surface area (Å²) in [5, 5.41) is 3.50. The van der Waals surface area contributed by atoms with E-state index >= 15 is 0 Å². The first kappa shape index (κ1) is 12.9. The van der Waals surface area contributed by atoms with Gasteiger partial charge in [0, 0.05) is 17.9 Å². The van der Waals surface area contributed by atoms with Crippen molar-refractivity contribution in [1.82, 2.24) is 4.98 Å². The second kappa shape index (κ2) is 5.85. The van der Waals surface area contributed by atoms with Crippen LogP contribution < -0.4 is 5.32 Å². The van der Waals surface area contributed by atoms with E-state index in [2.05, 4.69) is 22.0 Å². The quantitative estimate of drug-likeness (QED) is 0.836. The Bertz CT molecular complexity index is 420. The van der Waals surface area contributed by atoms with E-state index in [-0.39, 0.29) is 0 Å². The van der Waals surface area contributed by atoms with Gasteiger partial charge in [-0.25, -0.2) is 9.78 Å². The largest absolute Gasteiger partial charge is 0.464 e. The Kier molecular flexibility index (Phi) is 4.18. The molecule has 0 spiro atoms. The number of carbonyl (C=O) groups excluding carboxylic acids is 1. The fourth-order valence-corrected chi connectivity index (χ4v) is 2.48. The monoisotopic (exact) mass is 248 g/mol. The van der Waals surface area contributed by atoms with Gasteiger partial charge in [0.25, 0.3) is 0 Å². The number of nitrogens with one attached hydrogen (secondary N) is 1. The van der Waals surface area contributed by atoms with Crippen molar-refractivity contribution in [3.8, 4) is 0 Å². The van der Waals surface area contributed by atoms with Crippen molar-refractivity contribution in [2.75, 3.05) is 12.4 Å². The third-order valence-electron chi connectivity index (χ3n) is 3.62. The van der Waals surface area contributed by atoms with E-state index in [4.69, 9.17) is 0 Å². The van der Waals surface area contributed by atoms with Gasteiger partial charge in [-0.3, -0.25) is 0 Å². The van der Waals surface area contributed by atoms with Gasteiger partial charge in [-0.2, -0.15) is 0 Å². The van der Waals surface area contributed by atoms with E-state index < -0.39 is 5.97 Å². The minimum absolute atomic E-state index is 0.353. The van der Waals surface area contributed by atoms with Crippen LogP contribution in [0, 0.1) is 5.92 Å². The maximum atomic E-state index is 11.4. The molecule has 98 valence electrons. The van der Waals surface area contributed by atoms with Crippen LogP contribution in [-0.2, 0) is 4.74 Å². The zero-order valence-corrected chi connectivity index (χ0v) is 11.0. The average Bonchev–Trinajstić information content (AvgIpc) is 2.41. The average molecular weight is 248 g/mol. The summed E-state index contributed by atoms with van der Waals surface area (Å²) in [6.45, 7) is 2.28. The molecule has 0 aromatic carbocycles. The molecule has 4 nitrogen and oxygen atoms in total. The standard InChI is InChI=1S/C14H20N2O2/c1-10-5-3-4-6-12(10)16-11-7-8-15-13(9-11)14(17)18-2/h7-10,12H,3-6H2,1-2H3,(H,15,16). The van der Waals surface area contributed by atoms with Crippen molar-refractivity contribution >= 4 is 11.7 Å². The first-order valence-electron chi connectivity index (χ1n) is 6.51. The molecule has 0 radical (unpaired) electrons. The SMILES string of the molecule is COC(=O)c1cc(NC2CCCCC2C)ccn1. The molecule has 2 rings (SSSR count). The lowest BCUT2D eigenvalue weighted by Crippen LogP contribution is -2.30. The summed E-state index contributed by atoms with van der Waals surface area (Å²) < 4.78 is 4.67. The predicted octanol–water partition coefficient (Wildman–Crippen LogP) is 2.86. The highest BCUT2D eigenvalue weighted by molar-refractivity contribution is 5.88. The van der Waals surface area contributed by atoms with Gasteiger partial charge in [0.2, 0.25) is 0 Å². The summed E-state index contributed by atoms with van der Waals surface area (Å²) in [6, 6.07) is 4.15. The normalized spacial score (nSPS) is 23.4. The van der Waals surface area contributed by atoms with Gasteiger partial charge in [0.15, 0.2) is 0 Å². The van der Waals surface area contributed by atoms with E-state index in [0.717, 1.165) is 5.69 Å². The van der Waals surface area contributed by atoms with Crippen LogP contribution in [0.2, 0.25) is 0 Å². The number of hydrogen-bond acceptors (Lipinski definition) is 4. The molecule has 0 saturated heterocycles. The van der Waals surface area contributed by atoms with Crippen LogP contribution in [0.4, 0.5) is 5.69 Å². The van der Waals surface area contributed by atoms with E-state index in [1.54, 1.807) is 12.3 Å². The molecular weight excluding hydrogens is 228 g/mol. The van der Waals surface area contributed by atoms with Gasteiger partial charge in [-0.1, -0.05) is 19.8 Å². The van der Waals surface area contributed by atoms with Crippen LogP contribution in [0.1, 0.15) is 43.1 Å². The summed E-state index contributed by atoms with van der Waals surface area (Å²) in [4.78, 5) is 15.4. The molecule has 1 fully saturated rings. The summed E-state index contributed by atoms with van der Waals surface area (Å²) in [5.74, 6) is 0.281. The van der Waals surface area contributed by atoms with E-state index in [1.165, 1.54) is 32.8 Å². The number of anilines is 1. The van der Waals surface area contributed by atoms with Crippen LogP contribution >= 0.6 is 0 Å². The van der Waals surface area contributed by atoms with Crippen LogP contribution in [0.25, 0.3) is 0 Å². The number of rotatable bonds is 3. The third kappa shape index (κ3) is 3.00. The van der Waals surface area contributed by atoms with Crippen molar-refractivity contribution in [3.05, 3.63) is 24.0 Å². The lowest BCUT2D eigenvalue weighted by Gasteiger charge is -2.30. The van der Waals surface area contributed by atoms with Gasteiger partial charge < -0.3 is 10.1 Å². The number of esters is 1. The number of ether oxygens (including phenoxy) is 1. The molecule has 1 aromatic rings. The first-order valence-corrected chi connectivity index (χ1v) is 6.51. The highest BCUT2D eigenvalue weighted by atomic mass is 16.5. The summed E-state index contributed by atoms with van der Waals surface area (Å²) in [7, 11) is 1.37. The zero-order chi connectivity index (χ0) is 13.0. The van der Waals surface area contributed by atoms with E-state index in [1.807, 2.05) is 6.07 Å². The van der Waals surface area contributed by atoms with Crippen LogP contribution in [0.3, 0.4) is 0 Å². The number of nitrogens with zero attached hydrogens (tertiary/aromatic N) is 1. The molecule has 1 aromatic heterocycles. The Morgan fingerprint density at radius 3 is 2.94 bits per heavy atom. The molecular formula is C14H20N2O2. The fraction of sp³-hybridized carbons (Fsp3) is 0.571. The molecule has 1 aliphatic rings. The van der Waals surface area contributed by atoms with Crippen LogP contribution in [-0.4, -0.2) is 24.1 Å². The molecule has 0 aliphatic heterocycles. The summed E-state index contributed by atoms with van der Waals surface area (Å²) in [6.07, 6.45) is 6.70. The first-order chi connectivity index (χ1) is 8.70. The second-order valence-electron chi connectivity index (χ2n) is 4.93. The smallest absolute Gasteiger partial charge is 0.356 e. The van der Waals surface area contributed by atoms with Gasteiger partial charge >= 0.3 is 5.97 Å². The number of pyridine rings is 1. The molecule has 0 bridgehead atoms. The maximum absolute atomic E-state index is 11.4. The number of aromatic nitrogens is 1. The molecule has 1 aliphatic carbocycles. The van der Waals surface area contributed by atoms with Crippen molar-refractivity contribution in [3.63, 3.8) is 0 Å². The molecule has 18 heavy (non-hydrogen) atoms. The van der Waals surface area contributed by atoms with Crippen molar-refractivity contribution in [1.29, 1.82) is 0 Å². The third-order valence-corrected chi connectivity index (χ3v) is 3.62. The molecule has 4 heteroatoms. The van der Waals surface area contributed by atoms with E-state index in [0.29, 0.717) is 17.7 Å². The minimum atomic E-state index is -0.393. The van der Waals surface area contributed by atoms with Gasteiger partial charge in [-0.15, -0.1) is 0 Å². The second-order valence-corrected chi connectivity index (χ2v) is 4.93. The topological polar surface area (TPSA) is 51.2 Å². The Balaban J connectivity index is 2.06. The van der Waals surface area contributed by atoms with Gasteiger partial charge in [-0.05, 0) is 30.9 Å². The highest BCUT2D eigenvalue weighted by Crippen LogP contribution is 2.26. The summed E-state index contributed by atoms with van der Waals surface area (Å²) in [5.41, 5.74) is 1.30. The number of carbonyl (C=O) groups is 1. The lowest BCUT2D eigenvalue weighted by atomic mass is 9.86. The predicted molar refractivity (Wildman–Crippen MR) is 70.6 cm³/mol. The Hall–Kier alpha value is -1.58. The number of hydrogen-bond donors (Lipinski definition) is 1. The van der Waals surface area contributed by atoms with Crippen molar-refractivity contribution < 1.29 is 9.53 Å². The highest BCUT2D eigenvalue weighted by Gasteiger charge is 2.21. The number of methoxy groups -OCH3 is 1. The Morgan fingerprint density at radius 1 is 1.44 bits per heavy atom. The fourth-order valence-electron chi connectivity index (χ4n) is 2.48. The van der Waals surface area contributed by atoms with Crippen molar-refractivity contribution in [2.45, 2.75) is 38.6 Å². The van der Waals surface area contributed by atoms with Gasteiger partial charge in [0.05, 0.1) is 7.11 Å². The van der Waals surface area contributed by atoms with E-state index in [9.17, 15) is 4.79 Å². The zero-order valence-electron chi connectivity index (χ0n) is 11.0. The minimum Gasteiger partial charge on any atom is -0.464 e.